The quantitative estimate of drug-likeness (QED) is 0.0479. The normalized spacial score (nSPS) is 44.0. The summed E-state index contributed by atoms with van der Waals surface area (Å²) in [7, 11) is 0. The number of ether oxygens (including phenoxy) is 11. The summed E-state index contributed by atoms with van der Waals surface area (Å²) in [6.45, 7) is 0.406. The highest BCUT2D eigenvalue weighted by Crippen LogP contribution is 2.37. The fourth-order valence-corrected chi connectivity index (χ4v) is 11.0. The maximum Gasteiger partial charge on any atom is 0.217 e. The smallest absolute Gasteiger partial charge is 0.217 e. The number of hydrogen-bond acceptors (Lipinski definition) is 31. The van der Waals surface area contributed by atoms with Gasteiger partial charge in [-0.3, -0.25) is 28.8 Å². The number of nitrogens with one attached hydrogen (secondary N) is 6. The van der Waals surface area contributed by atoms with Gasteiger partial charge in [0.1, 0.15) is 146 Å². The minimum absolute atomic E-state index is 0.705. The van der Waals surface area contributed by atoms with Crippen molar-refractivity contribution < 1.29 is 152 Å². The number of rotatable bonds is 22. The molecule has 0 aromatic heterocycles. The largest absolute Gasteiger partial charge is 0.394 e. The molecule has 488 valence electrons. The van der Waals surface area contributed by atoms with Gasteiger partial charge in [-0.15, -0.1) is 0 Å². The number of carbonyl (C=O) groups excluding carboxylic acids is 6. The molecule has 6 aliphatic rings. The van der Waals surface area contributed by atoms with Crippen molar-refractivity contribution in [3.05, 3.63) is 0 Å². The van der Waals surface area contributed by atoms with E-state index in [-0.39, 0.29) is 0 Å². The van der Waals surface area contributed by atoms with E-state index in [1.807, 2.05) is 0 Å². The maximum atomic E-state index is 12.8. The highest BCUT2D eigenvalue weighted by Gasteiger charge is 2.59. The third kappa shape index (κ3) is 16.4. The Kier molecular flexibility index (Phi) is 25.4. The van der Waals surface area contributed by atoms with Crippen LogP contribution in [0.4, 0.5) is 0 Å². The van der Waals surface area contributed by atoms with Crippen LogP contribution in [0.1, 0.15) is 41.5 Å². The predicted molar refractivity (Wildman–Crippen MR) is 269 cm³/mol. The number of hydrogen-bond donors (Lipinski definition) is 20. The Morgan fingerprint density at radius 2 is 0.471 bits per heavy atom. The van der Waals surface area contributed by atoms with Crippen LogP contribution < -0.4 is 31.9 Å². The summed E-state index contributed by atoms with van der Waals surface area (Å²) in [5.74, 6) is -4.75. The zero-order valence-corrected chi connectivity index (χ0v) is 46.8. The predicted octanol–water partition coefficient (Wildman–Crippen LogP) is -13.2. The van der Waals surface area contributed by atoms with Crippen molar-refractivity contribution in [2.45, 2.75) is 225 Å². The van der Waals surface area contributed by atoms with Crippen molar-refractivity contribution in [2.24, 2.45) is 0 Å². The molecule has 20 N–H and O–H groups in total. The van der Waals surface area contributed by atoms with Gasteiger partial charge in [0.2, 0.25) is 35.4 Å². The summed E-state index contributed by atoms with van der Waals surface area (Å²) < 4.78 is 65.4. The molecule has 6 saturated heterocycles. The van der Waals surface area contributed by atoms with E-state index in [2.05, 4.69) is 31.9 Å². The number of amides is 6. The van der Waals surface area contributed by atoms with Gasteiger partial charge in [-0.05, 0) is 0 Å². The summed E-state index contributed by atoms with van der Waals surface area (Å²) in [5, 5.41) is 168. The average molecular weight is 1240 g/mol. The molecule has 0 aromatic rings. The van der Waals surface area contributed by atoms with E-state index in [4.69, 9.17) is 52.1 Å². The van der Waals surface area contributed by atoms with Gasteiger partial charge in [-0.2, -0.15) is 0 Å². The lowest BCUT2D eigenvalue weighted by atomic mass is 9.92. The summed E-state index contributed by atoms with van der Waals surface area (Å²) in [6, 6.07) is -10.0. The summed E-state index contributed by atoms with van der Waals surface area (Å²) in [5.41, 5.74) is 0. The molecule has 6 fully saturated rings. The average Bonchev–Trinajstić information content (AvgIpc) is 2.60. The van der Waals surface area contributed by atoms with Crippen molar-refractivity contribution in [1.82, 2.24) is 31.9 Å². The van der Waals surface area contributed by atoms with Gasteiger partial charge in [-0.1, -0.05) is 0 Å². The molecule has 37 nitrogen and oxygen atoms in total. The van der Waals surface area contributed by atoms with Gasteiger partial charge in [0.05, 0.1) is 39.6 Å². The van der Waals surface area contributed by atoms with E-state index in [9.17, 15) is 100 Å². The van der Waals surface area contributed by atoms with Crippen molar-refractivity contribution in [2.75, 3.05) is 39.6 Å². The fraction of sp³-hybridized carbons (Fsp3) is 0.875. The molecular weight excluding hydrogens is 1160 g/mol. The van der Waals surface area contributed by atoms with Crippen molar-refractivity contribution in [3.63, 3.8) is 0 Å². The van der Waals surface area contributed by atoms with E-state index in [0.29, 0.717) is 0 Å². The summed E-state index contributed by atoms with van der Waals surface area (Å²) in [4.78, 5) is 74.9. The Morgan fingerprint density at radius 3 is 0.694 bits per heavy atom. The minimum atomic E-state index is -2.07. The Balaban J connectivity index is 1.23. The highest BCUT2D eigenvalue weighted by molar-refractivity contribution is 5.75. The van der Waals surface area contributed by atoms with Crippen LogP contribution in [0.25, 0.3) is 0 Å². The molecule has 0 radical (unpaired) electrons. The minimum Gasteiger partial charge on any atom is -0.394 e. The molecule has 0 aromatic carbocycles. The van der Waals surface area contributed by atoms with Crippen LogP contribution in [0, 0.1) is 0 Å². The third-order valence-electron chi connectivity index (χ3n) is 14.8. The Bertz CT molecular complexity index is 2230. The topological polar surface area (TPSA) is 559 Å². The lowest BCUT2D eigenvalue weighted by molar-refractivity contribution is -0.370. The molecule has 0 bridgehead atoms. The molecule has 0 aliphatic carbocycles. The molecule has 0 unspecified atom stereocenters. The van der Waals surface area contributed by atoms with Crippen LogP contribution in [0.15, 0.2) is 0 Å². The van der Waals surface area contributed by atoms with E-state index >= 15 is 0 Å². The molecule has 6 amide bonds. The number of aliphatic hydroxyl groups excluding tert-OH is 14. The van der Waals surface area contributed by atoms with E-state index in [1.54, 1.807) is 0 Å². The zero-order chi connectivity index (χ0) is 63.0. The maximum absolute atomic E-state index is 12.8. The van der Waals surface area contributed by atoms with E-state index < -0.39 is 259 Å². The second-order valence-electron chi connectivity index (χ2n) is 21.2. The van der Waals surface area contributed by atoms with Crippen LogP contribution in [0.2, 0.25) is 0 Å². The first-order valence-corrected chi connectivity index (χ1v) is 27.1. The van der Waals surface area contributed by atoms with Gasteiger partial charge in [0, 0.05) is 41.5 Å². The van der Waals surface area contributed by atoms with Crippen LogP contribution in [-0.4, -0.2) is 330 Å². The lowest BCUT2D eigenvalue weighted by Crippen LogP contribution is -2.72. The van der Waals surface area contributed by atoms with Crippen LogP contribution in [0.3, 0.4) is 0 Å². The SMILES string of the molecule is CC(=O)N[C@@H]1[C@@H](O)[C@H](O[C@H]2O[C@H](CO)[C@@H](O[C@H]3O[C@H](CO)[C@@H](O[C@H]4O[C@H](CO)[C@@H](O[C@H]5O[C@H](CO)[C@@H](O[C@H]6O[C@H](CO)[C@@H](O)[C@H](O)[C@H]6NC(C)=O)[C@H](O)[C@H]5NC(C)=O)[C@H](O)[C@H]4NC(C)=O)[C@H](O)[C@H]3NC(C)=O)[C@H](O)[C@H]2NC(C)=O)[C@@H](CO)O[C@@H]1O. The van der Waals surface area contributed by atoms with Gasteiger partial charge in [0.25, 0.3) is 0 Å². The van der Waals surface area contributed by atoms with Gasteiger partial charge in [-0.25, -0.2) is 0 Å². The molecule has 0 saturated carbocycles. The molecule has 6 heterocycles. The first-order valence-electron chi connectivity index (χ1n) is 27.1. The Hall–Kier alpha value is -4.18. The molecule has 6 rings (SSSR count). The summed E-state index contributed by atoms with van der Waals surface area (Å²) in [6.07, 6.45) is -43.4. The number of aliphatic hydroxyl groups is 14. The molecular formula is C48H80N6O31. The first-order chi connectivity index (χ1) is 40.1. The second kappa shape index (κ2) is 30.8. The lowest BCUT2D eigenvalue weighted by Gasteiger charge is -2.51. The van der Waals surface area contributed by atoms with Crippen LogP contribution in [-0.2, 0) is 80.9 Å². The monoisotopic (exact) mass is 1240 g/mol. The Labute approximate surface area is 483 Å². The molecule has 30 atom stereocenters. The third-order valence-corrected chi connectivity index (χ3v) is 14.8. The molecule has 0 spiro atoms. The zero-order valence-electron chi connectivity index (χ0n) is 46.8. The van der Waals surface area contributed by atoms with Gasteiger partial charge in [0.15, 0.2) is 37.7 Å². The standard InChI is InChI=1S/C48H80N6O31/c1-13(61)49-25-33(69)38(20(8-56)75-43(25)74)81-45-27(51-15(3)63)35(71)40(22(10-58)77-45)83-47-29(53-17(5)65)37(73)42(24(12-60)79-47)85-48-30(54-18(6)66)36(72)41(23(11-59)80-48)84-46-28(52-16(4)64)34(70)39(21(9-57)78-46)82-44-26(50-14(2)62)32(68)31(67)19(7-55)76-44/h19-48,55-60,67-74H,7-12H2,1-6H3,(H,49,61)(H,50,62)(H,51,63)(H,52,64)(H,53,65)(H,54,66)/t19-,20-,21-,22-,23-,24-,25-,26-,27-,28-,29-,30-,31-,32-,33-,34-,35-,36-,37-,38-,39-,40-,41-,42-,43+,44-,45-,46-,47-,48-/m1/s1. The van der Waals surface area contributed by atoms with Crippen molar-refractivity contribution in [1.29, 1.82) is 0 Å². The summed E-state index contributed by atoms with van der Waals surface area (Å²) >= 11 is 0. The molecule has 6 aliphatic heterocycles. The molecule has 85 heavy (non-hydrogen) atoms. The van der Waals surface area contributed by atoms with Gasteiger partial charge < -0.3 is 155 Å². The van der Waals surface area contributed by atoms with E-state index in [1.165, 1.54) is 0 Å². The molecule has 37 heteroatoms. The van der Waals surface area contributed by atoms with E-state index in [0.717, 1.165) is 41.5 Å². The van der Waals surface area contributed by atoms with Crippen LogP contribution >= 0.6 is 0 Å². The van der Waals surface area contributed by atoms with Gasteiger partial charge >= 0.3 is 0 Å². The fourth-order valence-electron chi connectivity index (χ4n) is 11.0. The highest BCUT2D eigenvalue weighted by atomic mass is 16.8. The van der Waals surface area contributed by atoms with Crippen LogP contribution in [0.5, 0.6) is 0 Å². The Morgan fingerprint density at radius 1 is 0.282 bits per heavy atom. The number of carbonyl (C=O) groups is 6. The first kappa shape index (κ1) is 69.9. The van der Waals surface area contributed by atoms with Crippen molar-refractivity contribution in [3.8, 4) is 0 Å². The second-order valence-corrected chi connectivity index (χ2v) is 21.2. The van der Waals surface area contributed by atoms with Crippen molar-refractivity contribution >= 4 is 35.4 Å².